The number of hydrogen-bond donors (Lipinski definition) is 2. The average molecular weight is 300 g/mol. The van der Waals surface area contributed by atoms with Crippen molar-refractivity contribution in [1.29, 1.82) is 0 Å². The molecule has 2 aromatic carbocycles. The first-order chi connectivity index (χ1) is 10.5. The zero-order chi connectivity index (χ0) is 16.1. The van der Waals surface area contributed by atoms with Crippen LogP contribution >= 0.6 is 0 Å². The molecule has 0 aliphatic carbocycles. The van der Waals surface area contributed by atoms with Crippen LogP contribution in [0.2, 0.25) is 0 Å². The number of ether oxygens (including phenoxy) is 2. The van der Waals surface area contributed by atoms with Crippen molar-refractivity contribution in [2.75, 3.05) is 14.2 Å². The average Bonchev–Trinajstić information content (AvgIpc) is 2.53. The zero-order valence-corrected chi connectivity index (χ0v) is 12.2. The largest absolute Gasteiger partial charge is 0.508 e. The third-order valence-electron chi connectivity index (χ3n) is 3.13. The molecule has 0 saturated heterocycles. The fourth-order valence-electron chi connectivity index (χ4n) is 2.02. The Morgan fingerprint density at radius 3 is 2.27 bits per heavy atom. The lowest BCUT2D eigenvalue weighted by Gasteiger charge is -2.11. The first-order valence-electron chi connectivity index (χ1n) is 6.51. The van der Waals surface area contributed by atoms with Gasteiger partial charge in [0.25, 0.3) is 0 Å². The van der Waals surface area contributed by atoms with E-state index in [2.05, 4.69) is 0 Å². The summed E-state index contributed by atoms with van der Waals surface area (Å²) in [6, 6.07) is 11.2. The third-order valence-corrected chi connectivity index (χ3v) is 3.13. The number of rotatable bonds is 5. The highest BCUT2D eigenvalue weighted by Crippen LogP contribution is 2.31. The smallest absolute Gasteiger partial charge is 0.336 e. The summed E-state index contributed by atoms with van der Waals surface area (Å²) in [6.07, 6.45) is 1.51. The lowest BCUT2D eigenvalue weighted by molar-refractivity contribution is -0.130. The van der Waals surface area contributed by atoms with E-state index in [0.29, 0.717) is 22.6 Å². The Hall–Kier alpha value is -2.95. The zero-order valence-electron chi connectivity index (χ0n) is 12.2. The molecule has 0 aliphatic heterocycles. The molecule has 5 heteroatoms. The van der Waals surface area contributed by atoms with Crippen LogP contribution in [-0.4, -0.2) is 30.4 Å². The van der Waals surface area contributed by atoms with E-state index in [9.17, 15) is 15.0 Å². The molecule has 0 radical (unpaired) electrons. The van der Waals surface area contributed by atoms with Gasteiger partial charge in [-0.15, -0.1) is 0 Å². The second-order valence-corrected chi connectivity index (χ2v) is 4.52. The molecule has 0 bridgehead atoms. The van der Waals surface area contributed by atoms with E-state index in [1.165, 1.54) is 32.4 Å². The summed E-state index contributed by atoms with van der Waals surface area (Å²) >= 11 is 0. The summed E-state index contributed by atoms with van der Waals surface area (Å²) in [5.41, 5.74) is 1.14. The van der Waals surface area contributed by atoms with E-state index in [-0.39, 0.29) is 11.3 Å². The Labute approximate surface area is 128 Å². The Bertz CT molecular complexity index is 701. The number of hydrogen-bond acceptors (Lipinski definition) is 4. The highest BCUT2D eigenvalue weighted by atomic mass is 16.5. The van der Waals surface area contributed by atoms with Crippen LogP contribution in [0.5, 0.6) is 17.2 Å². The first kappa shape index (κ1) is 15.4. The van der Waals surface area contributed by atoms with Gasteiger partial charge in [0, 0.05) is 5.56 Å². The lowest BCUT2D eigenvalue weighted by atomic mass is 10.0. The molecule has 0 unspecified atom stereocenters. The quantitative estimate of drug-likeness (QED) is 0.655. The SMILES string of the molecule is COc1ccc(OC)c(/C(=C/c2ccc(O)cc2)C(=O)O)c1. The molecule has 0 amide bonds. The fourth-order valence-corrected chi connectivity index (χ4v) is 2.02. The van der Waals surface area contributed by atoms with Crippen molar-refractivity contribution in [3.63, 3.8) is 0 Å². The third kappa shape index (κ3) is 3.38. The molecular formula is C17H16O5. The van der Waals surface area contributed by atoms with E-state index in [0.717, 1.165) is 0 Å². The summed E-state index contributed by atoms with van der Waals surface area (Å²) in [5.74, 6) is 0.00879. The minimum Gasteiger partial charge on any atom is -0.508 e. The van der Waals surface area contributed by atoms with Crippen molar-refractivity contribution < 1.29 is 24.5 Å². The molecule has 2 N–H and O–H groups in total. The van der Waals surface area contributed by atoms with Crippen molar-refractivity contribution in [3.05, 3.63) is 53.6 Å². The number of phenols is 1. The predicted molar refractivity (Wildman–Crippen MR) is 83.2 cm³/mol. The fraction of sp³-hybridized carbons (Fsp3) is 0.118. The van der Waals surface area contributed by atoms with Gasteiger partial charge in [0.2, 0.25) is 0 Å². The monoisotopic (exact) mass is 300 g/mol. The van der Waals surface area contributed by atoms with Crippen LogP contribution in [-0.2, 0) is 4.79 Å². The van der Waals surface area contributed by atoms with Gasteiger partial charge >= 0.3 is 5.97 Å². The Kier molecular flexibility index (Phi) is 4.68. The van der Waals surface area contributed by atoms with Gasteiger partial charge < -0.3 is 19.7 Å². The Morgan fingerprint density at radius 1 is 1.05 bits per heavy atom. The van der Waals surface area contributed by atoms with Gasteiger partial charge in [-0.05, 0) is 42.0 Å². The van der Waals surface area contributed by atoms with Crippen LogP contribution in [0.25, 0.3) is 11.6 Å². The molecule has 0 atom stereocenters. The second-order valence-electron chi connectivity index (χ2n) is 4.52. The minimum absolute atomic E-state index is 0.0708. The molecule has 114 valence electrons. The molecule has 0 aromatic heterocycles. The Balaban J connectivity index is 2.57. The van der Waals surface area contributed by atoms with Crippen LogP contribution in [0.1, 0.15) is 11.1 Å². The van der Waals surface area contributed by atoms with Gasteiger partial charge in [-0.25, -0.2) is 4.79 Å². The van der Waals surface area contributed by atoms with Gasteiger partial charge in [0.05, 0.1) is 19.8 Å². The maximum absolute atomic E-state index is 11.6. The summed E-state index contributed by atoms with van der Waals surface area (Å²) in [4.78, 5) is 11.6. The molecule has 0 aliphatic rings. The normalized spacial score (nSPS) is 11.1. The summed E-state index contributed by atoms with van der Waals surface area (Å²) in [7, 11) is 2.99. The minimum atomic E-state index is -1.08. The van der Waals surface area contributed by atoms with Gasteiger partial charge in [0.15, 0.2) is 0 Å². The van der Waals surface area contributed by atoms with E-state index in [4.69, 9.17) is 9.47 Å². The van der Waals surface area contributed by atoms with Crippen molar-refractivity contribution in [1.82, 2.24) is 0 Å². The number of phenolic OH excluding ortho intramolecular Hbond substituents is 1. The van der Waals surface area contributed by atoms with Gasteiger partial charge in [-0.3, -0.25) is 0 Å². The predicted octanol–water partition coefficient (Wildman–Crippen LogP) is 3.03. The molecule has 0 saturated carbocycles. The summed E-state index contributed by atoms with van der Waals surface area (Å²) in [5, 5.41) is 18.8. The van der Waals surface area contributed by atoms with Gasteiger partial charge in [0.1, 0.15) is 17.2 Å². The standard InChI is InChI=1S/C17H16O5/c1-21-13-7-8-16(22-2)14(10-13)15(17(19)20)9-11-3-5-12(18)6-4-11/h3-10,18H,1-2H3,(H,19,20)/b15-9-. The number of carbonyl (C=O) groups is 1. The van der Waals surface area contributed by atoms with Crippen LogP contribution < -0.4 is 9.47 Å². The number of carboxylic acids is 1. The van der Waals surface area contributed by atoms with Crippen molar-refractivity contribution in [2.45, 2.75) is 0 Å². The number of benzene rings is 2. The maximum atomic E-state index is 11.6. The van der Waals surface area contributed by atoms with Crippen LogP contribution in [0.3, 0.4) is 0 Å². The molecule has 0 heterocycles. The molecule has 2 aromatic rings. The molecule has 0 spiro atoms. The molecular weight excluding hydrogens is 284 g/mol. The molecule has 2 rings (SSSR count). The molecule has 5 nitrogen and oxygen atoms in total. The van der Waals surface area contributed by atoms with E-state index in [1.54, 1.807) is 30.3 Å². The summed E-state index contributed by atoms with van der Waals surface area (Å²) < 4.78 is 10.4. The van der Waals surface area contributed by atoms with Gasteiger partial charge in [-0.1, -0.05) is 12.1 Å². The van der Waals surface area contributed by atoms with Gasteiger partial charge in [-0.2, -0.15) is 0 Å². The summed E-state index contributed by atoms with van der Waals surface area (Å²) in [6.45, 7) is 0. The van der Waals surface area contributed by atoms with Crippen molar-refractivity contribution in [2.24, 2.45) is 0 Å². The van der Waals surface area contributed by atoms with Crippen molar-refractivity contribution >= 4 is 17.6 Å². The van der Waals surface area contributed by atoms with Crippen LogP contribution in [0.4, 0.5) is 0 Å². The van der Waals surface area contributed by atoms with E-state index < -0.39 is 5.97 Å². The highest BCUT2D eigenvalue weighted by molar-refractivity contribution is 6.21. The van der Waals surface area contributed by atoms with Crippen LogP contribution in [0.15, 0.2) is 42.5 Å². The topological polar surface area (TPSA) is 76.0 Å². The van der Waals surface area contributed by atoms with E-state index >= 15 is 0 Å². The highest BCUT2D eigenvalue weighted by Gasteiger charge is 2.16. The number of aromatic hydroxyl groups is 1. The molecule has 22 heavy (non-hydrogen) atoms. The maximum Gasteiger partial charge on any atom is 0.336 e. The second kappa shape index (κ2) is 6.67. The first-order valence-corrected chi connectivity index (χ1v) is 6.51. The lowest BCUT2D eigenvalue weighted by Crippen LogP contribution is -2.02. The van der Waals surface area contributed by atoms with E-state index in [1.807, 2.05) is 0 Å². The Morgan fingerprint density at radius 2 is 1.73 bits per heavy atom. The number of aliphatic carboxylic acids is 1. The molecule has 0 fully saturated rings. The van der Waals surface area contributed by atoms with Crippen LogP contribution in [0, 0.1) is 0 Å². The van der Waals surface area contributed by atoms with Crippen molar-refractivity contribution in [3.8, 4) is 17.2 Å². The number of carboxylic acid groups (broad SMARTS) is 1. The number of methoxy groups -OCH3 is 2.